The molecule has 7 heteroatoms. The average Bonchev–Trinajstić information content (AvgIpc) is 2.53. The van der Waals surface area contributed by atoms with Crippen molar-refractivity contribution in [1.29, 1.82) is 0 Å². The highest BCUT2D eigenvalue weighted by Gasteiger charge is 2.12. The Bertz CT molecular complexity index is 746. The highest BCUT2D eigenvalue weighted by molar-refractivity contribution is 5.92. The number of nitro groups is 1. The summed E-state index contributed by atoms with van der Waals surface area (Å²) in [5.41, 5.74) is 0.908. The van der Waals surface area contributed by atoms with E-state index in [9.17, 15) is 20.0 Å². The quantitative estimate of drug-likeness (QED) is 0.350. The number of nitrogens with zero attached hydrogens (tertiary/aromatic N) is 1. The van der Waals surface area contributed by atoms with Gasteiger partial charge >= 0.3 is 0 Å². The predicted molar refractivity (Wildman–Crippen MR) is 89.3 cm³/mol. The third-order valence-electron chi connectivity index (χ3n) is 3.27. The van der Waals surface area contributed by atoms with Gasteiger partial charge < -0.3 is 15.2 Å². The molecule has 0 saturated heterocycles. The number of rotatable bonds is 7. The minimum atomic E-state index is -0.592. The second-order valence-electron chi connectivity index (χ2n) is 5.28. The Hall–Kier alpha value is -3.09. The number of phenolic OH excluding ortho intramolecular Hbond substituents is 1. The fourth-order valence-corrected chi connectivity index (χ4v) is 2.08. The van der Waals surface area contributed by atoms with Crippen LogP contribution in [0.3, 0.4) is 0 Å². The maximum atomic E-state index is 11.9. The Morgan fingerprint density at radius 1 is 1.29 bits per heavy atom. The van der Waals surface area contributed by atoms with Crippen molar-refractivity contribution in [2.45, 2.75) is 19.8 Å². The molecule has 0 spiro atoms. The molecule has 0 heterocycles. The number of non-ortho nitro benzene ring substituents is 1. The van der Waals surface area contributed by atoms with Crippen LogP contribution in [-0.2, 0) is 4.79 Å². The number of phenols is 1. The normalized spacial score (nSPS) is 10.2. The van der Waals surface area contributed by atoms with Crippen LogP contribution >= 0.6 is 0 Å². The van der Waals surface area contributed by atoms with Crippen molar-refractivity contribution in [1.82, 2.24) is 0 Å². The summed E-state index contributed by atoms with van der Waals surface area (Å²) in [6, 6.07) is 11.1. The molecule has 0 radical (unpaired) electrons. The van der Waals surface area contributed by atoms with Crippen molar-refractivity contribution in [3.8, 4) is 11.5 Å². The van der Waals surface area contributed by atoms with Gasteiger partial charge in [0.05, 0.1) is 17.2 Å². The number of nitro benzene ring substituents is 1. The van der Waals surface area contributed by atoms with E-state index in [1.54, 1.807) is 0 Å². The molecule has 24 heavy (non-hydrogen) atoms. The molecule has 2 aromatic rings. The van der Waals surface area contributed by atoms with E-state index in [0.717, 1.165) is 17.4 Å². The minimum Gasteiger partial charge on any atom is -0.506 e. The lowest BCUT2D eigenvalue weighted by Crippen LogP contribution is -2.13. The fourth-order valence-electron chi connectivity index (χ4n) is 2.08. The summed E-state index contributed by atoms with van der Waals surface area (Å²) >= 11 is 0. The summed E-state index contributed by atoms with van der Waals surface area (Å²) in [6.07, 6.45) is 0.656. The number of aromatic hydroxyl groups is 1. The van der Waals surface area contributed by atoms with Gasteiger partial charge in [-0.05, 0) is 37.1 Å². The zero-order chi connectivity index (χ0) is 17.5. The standard InChI is InChI=1S/C17H18N2O5/c1-12-4-2-5-14(10-12)24-9-3-6-17(21)18-15-11-13(19(22)23)7-8-16(15)20/h2,4-5,7-8,10-11,20H,3,6,9H2,1H3,(H,18,21). The molecule has 0 aliphatic rings. The topological polar surface area (TPSA) is 102 Å². The first-order valence-corrected chi connectivity index (χ1v) is 7.42. The molecule has 126 valence electrons. The monoisotopic (exact) mass is 330 g/mol. The van der Waals surface area contributed by atoms with Gasteiger partial charge in [0.15, 0.2) is 0 Å². The van der Waals surface area contributed by atoms with Gasteiger partial charge in [-0.3, -0.25) is 14.9 Å². The third kappa shape index (κ3) is 4.98. The Labute approximate surface area is 139 Å². The second-order valence-corrected chi connectivity index (χ2v) is 5.28. The van der Waals surface area contributed by atoms with E-state index in [0.29, 0.717) is 13.0 Å². The van der Waals surface area contributed by atoms with Gasteiger partial charge in [0, 0.05) is 18.6 Å². The summed E-state index contributed by atoms with van der Waals surface area (Å²) in [6.45, 7) is 2.34. The summed E-state index contributed by atoms with van der Waals surface area (Å²) in [4.78, 5) is 22.0. The molecule has 2 N–H and O–H groups in total. The highest BCUT2D eigenvalue weighted by atomic mass is 16.6. The molecule has 2 aromatic carbocycles. The molecule has 0 saturated carbocycles. The van der Waals surface area contributed by atoms with E-state index < -0.39 is 4.92 Å². The van der Waals surface area contributed by atoms with E-state index in [4.69, 9.17) is 4.74 Å². The highest BCUT2D eigenvalue weighted by Crippen LogP contribution is 2.27. The fraction of sp³-hybridized carbons (Fsp3) is 0.235. The maximum absolute atomic E-state index is 11.9. The molecular weight excluding hydrogens is 312 g/mol. The first-order chi connectivity index (χ1) is 11.5. The molecule has 0 aliphatic heterocycles. The molecule has 7 nitrogen and oxygen atoms in total. The zero-order valence-electron chi connectivity index (χ0n) is 13.2. The molecule has 0 bridgehead atoms. The number of ether oxygens (including phenoxy) is 1. The molecule has 0 atom stereocenters. The third-order valence-corrected chi connectivity index (χ3v) is 3.27. The number of amides is 1. The number of carbonyl (C=O) groups excluding carboxylic acids is 1. The first kappa shape index (κ1) is 17.3. The van der Waals surface area contributed by atoms with E-state index in [1.165, 1.54) is 12.1 Å². The summed E-state index contributed by atoms with van der Waals surface area (Å²) in [5, 5.41) is 22.8. The Balaban J connectivity index is 1.81. The Morgan fingerprint density at radius 2 is 2.08 bits per heavy atom. The average molecular weight is 330 g/mol. The Morgan fingerprint density at radius 3 is 2.79 bits per heavy atom. The van der Waals surface area contributed by atoms with Crippen molar-refractivity contribution < 1.29 is 19.6 Å². The Kier molecular flexibility index (Phi) is 5.73. The number of hydrogen-bond donors (Lipinski definition) is 2. The van der Waals surface area contributed by atoms with Gasteiger partial charge in [-0.2, -0.15) is 0 Å². The zero-order valence-corrected chi connectivity index (χ0v) is 13.2. The van der Waals surface area contributed by atoms with Crippen LogP contribution in [0.2, 0.25) is 0 Å². The molecule has 2 rings (SSSR count). The lowest BCUT2D eigenvalue weighted by molar-refractivity contribution is -0.384. The van der Waals surface area contributed by atoms with Crippen LogP contribution in [0.25, 0.3) is 0 Å². The van der Waals surface area contributed by atoms with E-state index >= 15 is 0 Å². The second kappa shape index (κ2) is 7.96. The predicted octanol–water partition coefficient (Wildman–Crippen LogP) is 3.41. The van der Waals surface area contributed by atoms with Gasteiger partial charge in [0.2, 0.25) is 5.91 Å². The molecule has 0 unspecified atom stereocenters. The smallest absolute Gasteiger partial charge is 0.271 e. The number of aryl methyl sites for hydroxylation is 1. The van der Waals surface area contributed by atoms with E-state index in [2.05, 4.69) is 5.32 Å². The van der Waals surface area contributed by atoms with Crippen molar-refractivity contribution in [3.05, 3.63) is 58.1 Å². The lowest BCUT2D eigenvalue weighted by Gasteiger charge is -2.08. The van der Waals surface area contributed by atoms with Crippen LogP contribution < -0.4 is 10.1 Å². The first-order valence-electron chi connectivity index (χ1n) is 7.42. The van der Waals surface area contributed by atoms with Crippen LogP contribution in [0.5, 0.6) is 11.5 Å². The minimum absolute atomic E-state index is 0.0220. The van der Waals surface area contributed by atoms with Gasteiger partial charge in [-0.1, -0.05) is 12.1 Å². The number of hydrogen-bond acceptors (Lipinski definition) is 5. The molecule has 0 aliphatic carbocycles. The van der Waals surface area contributed by atoms with Crippen LogP contribution in [0.15, 0.2) is 42.5 Å². The van der Waals surface area contributed by atoms with Gasteiger partial charge in [-0.15, -0.1) is 0 Å². The van der Waals surface area contributed by atoms with Crippen LogP contribution in [0, 0.1) is 17.0 Å². The van der Waals surface area contributed by atoms with Gasteiger partial charge in [0.1, 0.15) is 11.5 Å². The molecule has 0 fully saturated rings. The summed E-state index contributed by atoms with van der Waals surface area (Å²) in [7, 11) is 0. The molecule has 0 aromatic heterocycles. The molecular formula is C17H18N2O5. The van der Waals surface area contributed by atoms with Crippen LogP contribution in [0.4, 0.5) is 11.4 Å². The largest absolute Gasteiger partial charge is 0.506 e. The van der Waals surface area contributed by atoms with Crippen LogP contribution in [-0.4, -0.2) is 22.5 Å². The number of carbonyl (C=O) groups is 1. The lowest BCUT2D eigenvalue weighted by atomic mass is 10.2. The maximum Gasteiger partial charge on any atom is 0.271 e. The SMILES string of the molecule is Cc1cccc(OCCCC(=O)Nc2cc([N+](=O)[O-])ccc2O)c1. The van der Waals surface area contributed by atoms with E-state index in [1.807, 2.05) is 31.2 Å². The van der Waals surface area contributed by atoms with Crippen molar-refractivity contribution in [3.63, 3.8) is 0 Å². The van der Waals surface area contributed by atoms with E-state index in [-0.39, 0.29) is 29.5 Å². The van der Waals surface area contributed by atoms with Crippen molar-refractivity contribution >= 4 is 17.3 Å². The van der Waals surface area contributed by atoms with Crippen LogP contribution in [0.1, 0.15) is 18.4 Å². The van der Waals surface area contributed by atoms with Crippen molar-refractivity contribution in [2.75, 3.05) is 11.9 Å². The van der Waals surface area contributed by atoms with Gasteiger partial charge in [0.25, 0.3) is 5.69 Å². The summed E-state index contributed by atoms with van der Waals surface area (Å²) in [5.74, 6) is 0.176. The number of nitrogens with one attached hydrogen (secondary N) is 1. The van der Waals surface area contributed by atoms with Gasteiger partial charge in [-0.25, -0.2) is 0 Å². The summed E-state index contributed by atoms with van der Waals surface area (Å²) < 4.78 is 5.54. The van der Waals surface area contributed by atoms with Crippen molar-refractivity contribution in [2.24, 2.45) is 0 Å². The molecule has 1 amide bonds. The number of benzene rings is 2. The number of anilines is 1.